The molecule has 5 nitrogen and oxygen atoms in total. The van der Waals surface area contributed by atoms with Crippen molar-refractivity contribution in [3.63, 3.8) is 0 Å². The second kappa shape index (κ2) is 9.19. The highest BCUT2D eigenvalue weighted by molar-refractivity contribution is 7.98. The van der Waals surface area contributed by atoms with Crippen LogP contribution in [0.4, 0.5) is 0 Å². The van der Waals surface area contributed by atoms with Crippen molar-refractivity contribution in [3.05, 3.63) is 111 Å². The first-order valence-corrected chi connectivity index (χ1v) is 12.8. The largest absolute Gasteiger partial charge is 0.311 e. The molecular formula is C29H28N4OS. The molecule has 0 saturated carbocycles. The van der Waals surface area contributed by atoms with Crippen LogP contribution in [0.1, 0.15) is 34.0 Å². The summed E-state index contributed by atoms with van der Waals surface area (Å²) in [7, 11) is 3.85. The highest BCUT2D eigenvalue weighted by Crippen LogP contribution is 2.36. The molecule has 0 amide bonds. The summed E-state index contributed by atoms with van der Waals surface area (Å²) in [6, 6.07) is 25.0. The van der Waals surface area contributed by atoms with E-state index in [2.05, 4.69) is 89.3 Å². The molecule has 6 heteroatoms. The molecule has 5 rings (SSSR count). The van der Waals surface area contributed by atoms with Gasteiger partial charge in [0.15, 0.2) is 5.16 Å². The minimum Gasteiger partial charge on any atom is -0.311 e. The third-order valence-electron chi connectivity index (χ3n) is 6.65. The number of aromatic nitrogens is 4. The molecule has 176 valence electrons. The summed E-state index contributed by atoms with van der Waals surface area (Å²) < 4.78 is 3.79. The van der Waals surface area contributed by atoms with Gasteiger partial charge in [-0.2, -0.15) is 0 Å². The molecule has 0 bridgehead atoms. The van der Waals surface area contributed by atoms with Crippen LogP contribution in [0.5, 0.6) is 0 Å². The predicted octanol–water partition coefficient (Wildman–Crippen LogP) is 5.85. The van der Waals surface area contributed by atoms with Gasteiger partial charge in [-0.1, -0.05) is 77.5 Å². The SMILES string of the molecule is CSc1nnc(C(c2ccc(C)cc2)c2ccc3c(c2)c(-c2cccc(C)c2)cc(=O)n3C)n1C. The number of rotatable bonds is 5. The summed E-state index contributed by atoms with van der Waals surface area (Å²) in [5.41, 5.74) is 7.51. The fourth-order valence-corrected chi connectivity index (χ4v) is 5.20. The van der Waals surface area contributed by atoms with Crippen LogP contribution in [-0.4, -0.2) is 25.6 Å². The van der Waals surface area contributed by atoms with E-state index in [-0.39, 0.29) is 11.5 Å². The van der Waals surface area contributed by atoms with Gasteiger partial charge in [-0.3, -0.25) is 4.79 Å². The number of aryl methyl sites for hydroxylation is 3. The van der Waals surface area contributed by atoms with E-state index in [0.717, 1.165) is 49.7 Å². The van der Waals surface area contributed by atoms with Crippen molar-refractivity contribution in [3.8, 4) is 11.1 Å². The minimum atomic E-state index is -0.0963. The van der Waals surface area contributed by atoms with E-state index < -0.39 is 0 Å². The monoisotopic (exact) mass is 480 g/mol. The Kier molecular flexibility index (Phi) is 6.07. The summed E-state index contributed by atoms with van der Waals surface area (Å²) in [6.07, 6.45) is 2.01. The quantitative estimate of drug-likeness (QED) is 0.296. The number of benzene rings is 3. The molecule has 0 aliphatic heterocycles. The lowest BCUT2D eigenvalue weighted by Gasteiger charge is -2.20. The first kappa shape index (κ1) is 23.1. The molecule has 0 saturated heterocycles. The van der Waals surface area contributed by atoms with E-state index >= 15 is 0 Å². The van der Waals surface area contributed by atoms with Gasteiger partial charge in [0.1, 0.15) is 5.82 Å². The Hall–Kier alpha value is -3.64. The number of fused-ring (bicyclic) bond motifs is 1. The molecular weight excluding hydrogens is 452 g/mol. The summed E-state index contributed by atoms with van der Waals surface area (Å²) in [5.74, 6) is 0.792. The van der Waals surface area contributed by atoms with Crippen molar-refractivity contribution in [2.45, 2.75) is 24.9 Å². The Labute approximate surface area is 209 Å². The molecule has 2 aromatic heterocycles. The highest BCUT2D eigenvalue weighted by Gasteiger charge is 2.24. The van der Waals surface area contributed by atoms with Crippen LogP contribution >= 0.6 is 11.8 Å². The molecule has 2 heterocycles. The van der Waals surface area contributed by atoms with Crippen LogP contribution in [0, 0.1) is 13.8 Å². The highest BCUT2D eigenvalue weighted by atomic mass is 32.2. The Morgan fingerprint density at radius 3 is 2.23 bits per heavy atom. The van der Waals surface area contributed by atoms with Gasteiger partial charge in [0.25, 0.3) is 5.56 Å². The van der Waals surface area contributed by atoms with E-state index in [1.165, 1.54) is 5.56 Å². The van der Waals surface area contributed by atoms with Crippen LogP contribution in [0.15, 0.2) is 82.7 Å². The van der Waals surface area contributed by atoms with Gasteiger partial charge in [-0.15, -0.1) is 10.2 Å². The smallest absolute Gasteiger partial charge is 0.251 e. The van der Waals surface area contributed by atoms with E-state index in [4.69, 9.17) is 0 Å². The van der Waals surface area contributed by atoms with Gasteiger partial charge in [0.2, 0.25) is 0 Å². The molecule has 5 aromatic rings. The van der Waals surface area contributed by atoms with Gasteiger partial charge in [0, 0.05) is 25.5 Å². The third-order valence-corrected chi connectivity index (χ3v) is 7.37. The Balaban J connectivity index is 1.79. The maximum Gasteiger partial charge on any atom is 0.251 e. The van der Waals surface area contributed by atoms with Gasteiger partial charge < -0.3 is 9.13 Å². The molecule has 0 fully saturated rings. The topological polar surface area (TPSA) is 52.7 Å². The van der Waals surface area contributed by atoms with Crippen LogP contribution in [0.2, 0.25) is 0 Å². The number of hydrogen-bond acceptors (Lipinski definition) is 4. The van der Waals surface area contributed by atoms with Gasteiger partial charge in [-0.05, 0) is 54.5 Å². The standard InChI is InChI=1S/C29H28N4OS/c1-18-9-11-20(12-10-18)27(28-30-31-29(35-5)33(28)4)22-13-14-25-24(16-22)23(17-26(34)32(25)3)21-8-6-7-19(2)15-21/h6-17,27H,1-5H3. The van der Waals surface area contributed by atoms with Crippen LogP contribution in [-0.2, 0) is 14.1 Å². The van der Waals surface area contributed by atoms with E-state index in [9.17, 15) is 4.79 Å². The van der Waals surface area contributed by atoms with Gasteiger partial charge in [0.05, 0.1) is 11.4 Å². The maximum absolute atomic E-state index is 12.8. The van der Waals surface area contributed by atoms with Crippen LogP contribution in [0.25, 0.3) is 22.0 Å². The Morgan fingerprint density at radius 2 is 1.54 bits per heavy atom. The number of hydrogen-bond donors (Lipinski definition) is 0. The second-order valence-electron chi connectivity index (χ2n) is 9.05. The fourth-order valence-electron chi connectivity index (χ4n) is 4.71. The summed E-state index contributed by atoms with van der Waals surface area (Å²) in [4.78, 5) is 12.8. The lowest BCUT2D eigenvalue weighted by Crippen LogP contribution is -2.17. The van der Waals surface area contributed by atoms with Crippen molar-refractivity contribution in [2.24, 2.45) is 14.1 Å². The zero-order valence-electron chi connectivity index (χ0n) is 20.6. The number of nitrogens with zero attached hydrogens (tertiary/aromatic N) is 4. The second-order valence-corrected chi connectivity index (χ2v) is 9.82. The zero-order chi connectivity index (χ0) is 24.7. The lowest BCUT2D eigenvalue weighted by atomic mass is 9.88. The first-order valence-electron chi connectivity index (χ1n) is 11.6. The van der Waals surface area contributed by atoms with Crippen molar-refractivity contribution in [1.82, 2.24) is 19.3 Å². The van der Waals surface area contributed by atoms with E-state index in [1.807, 2.05) is 26.4 Å². The molecule has 0 aliphatic carbocycles. The van der Waals surface area contributed by atoms with Crippen molar-refractivity contribution in [2.75, 3.05) is 6.26 Å². The molecule has 1 unspecified atom stereocenters. The van der Waals surface area contributed by atoms with Gasteiger partial charge in [-0.25, -0.2) is 0 Å². The molecule has 0 aliphatic rings. The van der Waals surface area contributed by atoms with Crippen molar-refractivity contribution < 1.29 is 0 Å². The minimum absolute atomic E-state index is 0.0187. The molecule has 0 spiro atoms. The molecule has 35 heavy (non-hydrogen) atoms. The molecule has 0 N–H and O–H groups in total. The van der Waals surface area contributed by atoms with Crippen molar-refractivity contribution >= 4 is 22.7 Å². The van der Waals surface area contributed by atoms with E-state index in [1.54, 1.807) is 22.4 Å². The van der Waals surface area contributed by atoms with E-state index in [0.29, 0.717) is 0 Å². The third kappa shape index (κ3) is 4.19. The normalized spacial score (nSPS) is 12.3. The Morgan fingerprint density at radius 1 is 0.800 bits per heavy atom. The van der Waals surface area contributed by atoms with Crippen LogP contribution in [0.3, 0.4) is 0 Å². The summed E-state index contributed by atoms with van der Waals surface area (Å²) >= 11 is 1.58. The summed E-state index contributed by atoms with van der Waals surface area (Å²) in [6.45, 7) is 4.17. The maximum atomic E-state index is 12.8. The average molecular weight is 481 g/mol. The Bertz CT molecular complexity index is 1600. The van der Waals surface area contributed by atoms with Gasteiger partial charge >= 0.3 is 0 Å². The first-order chi connectivity index (χ1) is 16.9. The molecule has 1 atom stereocenters. The molecule has 3 aromatic carbocycles. The lowest BCUT2D eigenvalue weighted by molar-refractivity contribution is 0.717. The van der Waals surface area contributed by atoms with Crippen LogP contribution < -0.4 is 5.56 Å². The zero-order valence-corrected chi connectivity index (χ0v) is 21.4. The fraction of sp³-hybridized carbons (Fsp3) is 0.207. The summed E-state index contributed by atoms with van der Waals surface area (Å²) in [5, 5.41) is 10.9. The molecule has 0 radical (unpaired) electrons. The average Bonchev–Trinajstić information content (AvgIpc) is 3.22. The number of pyridine rings is 1. The predicted molar refractivity (Wildman–Crippen MR) is 144 cm³/mol. The number of thioether (sulfide) groups is 1. The van der Waals surface area contributed by atoms with Crippen molar-refractivity contribution in [1.29, 1.82) is 0 Å².